The Labute approximate surface area is 95.8 Å². The summed E-state index contributed by atoms with van der Waals surface area (Å²) in [5.74, 6) is 0. The largest absolute Gasteiger partial charge is 1.00 e. The molecule has 1 nitrogen and oxygen atoms in total. The quantitative estimate of drug-likeness (QED) is 0.393. The fourth-order valence-corrected chi connectivity index (χ4v) is 0.144. The van der Waals surface area contributed by atoms with Crippen molar-refractivity contribution in [2.75, 3.05) is 6.61 Å². The van der Waals surface area contributed by atoms with E-state index in [0.717, 1.165) is 12.8 Å². The van der Waals surface area contributed by atoms with Gasteiger partial charge in [-0.3, -0.25) is 0 Å². The molecule has 1 unspecified atom stereocenters. The van der Waals surface area contributed by atoms with Gasteiger partial charge < -0.3 is 5.11 Å². The first-order valence-corrected chi connectivity index (χ1v) is 4.36. The van der Waals surface area contributed by atoms with Crippen molar-refractivity contribution < 1.29 is 34.7 Å². The summed E-state index contributed by atoms with van der Waals surface area (Å²) in [5.41, 5.74) is 0. The van der Waals surface area contributed by atoms with Crippen molar-refractivity contribution in [3.63, 3.8) is 0 Å². The molecule has 0 aromatic rings. The van der Waals surface area contributed by atoms with Crippen LogP contribution in [0.5, 0.6) is 0 Å². The molecule has 0 radical (unpaired) electrons. The molecule has 11 heavy (non-hydrogen) atoms. The van der Waals surface area contributed by atoms with Crippen LogP contribution < -0.4 is 34.7 Å². The van der Waals surface area contributed by atoms with Crippen molar-refractivity contribution in [3.05, 3.63) is 0 Å². The minimum Gasteiger partial charge on any atom is -0.854 e. The molecule has 0 amide bonds. The van der Waals surface area contributed by atoms with Crippen LogP contribution in [0.15, 0.2) is 0 Å². The summed E-state index contributed by atoms with van der Waals surface area (Å²) in [6.07, 6.45) is 1.86. The molecule has 0 aromatic heterocycles. The second-order valence-corrected chi connectivity index (χ2v) is 5.16. The molecule has 0 aliphatic carbocycles. The Morgan fingerprint density at radius 2 is 1.55 bits per heavy atom. The van der Waals surface area contributed by atoms with Crippen LogP contribution in [0.1, 0.15) is 40.5 Å². The Morgan fingerprint density at radius 3 is 1.55 bits per heavy atom. The molecule has 3 heteroatoms. The number of hydrogen-bond donors (Lipinski definition) is 0. The van der Waals surface area contributed by atoms with Crippen molar-refractivity contribution in [1.29, 1.82) is 0 Å². The van der Waals surface area contributed by atoms with E-state index < -0.39 is 0 Å². The first kappa shape index (κ1) is 18.2. The maximum absolute atomic E-state index is 9.53. The Morgan fingerprint density at radius 1 is 1.27 bits per heavy atom. The summed E-state index contributed by atoms with van der Waals surface area (Å²) >= 11 is 0. The molecule has 0 bridgehead atoms. The van der Waals surface area contributed by atoms with Crippen LogP contribution in [0, 0.1) is 0 Å². The van der Waals surface area contributed by atoms with Crippen LogP contribution in [-0.2, 0) is 0 Å². The molecule has 0 aliphatic heterocycles. The minimum atomic E-state index is 0. The Bertz CT molecular complexity index is 53.6. The summed E-state index contributed by atoms with van der Waals surface area (Å²) in [6.45, 7) is 8.56. The third-order valence-corrected chi connectivity index (χ3v) is 0.498. The molecular formula is C8H20NaOP. The van der Waals surface area contributed by atoms with Gasteiger partial charge in [-0.1, -0.05) is 40.5 Å². The third kappa shape index (κ3) is 87.4. The maximum atomic E-state index is 9.53. The van der Waals surface area contributed by atoms with Gasteiger partial charge in [-0.25, -0.2) is 0 Å². The van der Waals surface area contributed by atoms with Crippen LogP contribution in [0.25, 0.3) is 0 Å². The van der Waals surface area contributed by atoms with Crippen LogP contribution >= 0.6 is 9.24 Å². The van der Waals surface area contributed by atoms with Crippen LogP contribution in [-0.4, -0.2) is 11.8 Å². The number of hydrogen-bond acceptors (Lipinski definition) is 1. The van der Waals surface area contributed by atoms with E-state index >= 15 is 0 Å². The van der Waals surface area contributed by atoms with E-state index in [1.54, 1.807) is 0 Å². The number of unbranched alkanes of at least 4 members (excludes halogenated alkanes) is 1. The van der Waals surface area contributed by atoms with E-state index in [-0.39, 0.29) is 36.2 Å². The molecule has 0 rings (SSSR count). The third-order valence-electron chi connectivity index (χ3n) is 0.498. The Kier molecular flexibility index (Phi) is 18.9. The summed E-state index contributed by atoms with van der Waals surface area (Å²) < 4.78 is 0. The van der Waals surface area contributed by atoms with E-state index in [1.807, 2.05) is 6.92 Å². The second kappa shape index (κ2) is 11.4. The summed E-state index contributed by atoms with van der Waals surface area (Å²) in [6, 6.07) is 0. The molecule has 0 saturated carbocycles. The van der Waals surface area contributed by atoms with Gasteiger partial charge in [0.2, 0.25) is 0 Å². The van der Waals surface area contributed by atoms with Crippen LogP contribution in [0.3, 0.4) is 0 Å². The van der Waals surface area contributed by atoms with Crippen molar-refractivity contribution in [2.24, 2.45) is 0 Å². The van der Waals surface area contributed by atoms with E-state index in [9.17, 15) is 5.11 Å². The van der Waals surface area contributed by atoms with Gasteiger partial charge in [-0.15, -0.1) is 15.8 Å². The minimum absolute atomic E-state index is 0. The Balaban J connectivity index is -0.000000107. The first-order chi connectivity index (χ1) is 4.41. The van der Waals surface area contributed by atoms with E-state index in [1.165, 1.54) is 0 Å². The van der Waals surface area contributed by atoms with Gasteiger partial charge >= 0.3 is 29.6 Å². The van der Waals surface area contributed by atoms with Crippen LogP contribution in [0.2, 0.25) is 0 Å². The van der Waals surface area contributed by atoms with E-state index in [2.05, 4.69) is 30.0 Å². The monoisotopic (exact) mass is 186 g/mol. The average Bonchev–Trinajstić information content (AvgIpc) is 1.63. The zero-order valence-electron chi connectivity index (χ0n) is 8.61. The van der Waals surface area contributed by atoms with Gasteiger partial charge in [0.05, 0.1) is 0 Å². The van der Waals surface area contributed by atoms with Gasteiger partial charge in [-0.2, -0.15) is 0 Å². The van der Waals surface area contributed by atoms with Crippen LogP contribution in [0.4, 0.5) is 0 Å². The molecule has 0 spiro atoms. The molecule has 64 valence electrons. The van der Waals surface area contributed by atoms with Crippen molar-refractivity contribution in [1.82, 2.24) is 0 Å². The topological polar surface area (TPSA) is 23.1 Å². The zero-order chi connectivity index (χ0) is 8.62. The van der Waals surface area contributed by atoms with Crippen molar-refractivity contribution in [3.8, 4) is 0 Å². The van der Waals surface area contributed by atoms with Crippen molar-refractivity contribution >= 4 is 9.24 Å². The first-order valence-electron chi connectivity index (χ1n) is 3.78. The van der Waals surface area contributed by atoms with Gasteiger partial charge in [0.25, 0.3) is 0 Å². The Hall–Kier alpha value is 1.39. The predicted octanol–water partition coefficient (Wildman–Crippen LogP) is -1.19. The molecule has 0 saturated heterocycles. The normalized spacial score (nSPS) is 9.27. The fraction of sp³-hybridized carbons (Fsp3) is 1.00. The number of rotatable bonds is 2. The SMILES string of the molecule is CC(C)(C)P.CCCC[O-].[Na+]. The van der Waals surface area contributed by atoms with Gasteiger partial charge in [0, 0.05) is 0 Å². The molecule has 0 N–H and O–H groups in total. The zero-order valence-corrected chi connectivity index (χ0v) is 11.8. The fourth-order valence-electron chi connectivity index (χ4n) is 0.144. The summed E-state index contributed by atoms with van der Waals surface area (Å²) in [7, 11) is 2.72. The molecule has 0 fully saturated rings. The standard InChI is InChI=1S/C4H9O.C4H11P.Na/c1-2-3-4-5;1-4(2,3)5;/h2-4H2,1H3;5H2,1-3H3;/q-1;;+1. The van der Waals surface area contributed by atoms with E-state index in [0.29, 0.717) is 5.16 Å². The second-order valence-electron chi connectivity index (χ2n) is 3.42. The van der Waals surface area contributed by atoms with Gasteiger partial charge in [0.1, 0.15) is 0 Å². The van der Waals surface area contributed by atoms with E-state index in [4.69, 9.17) is 0 Å². The average molecular weight is 186 g/mol. The van der Waals surface area contributed by atoms with Gasteiger partial charge in [0.15, 0.2) is 0 Å². The molecule has 1 atom stereocenters. The van der Waals surface area contributed by atoms with Crippen molar-refractivity contribution in [2.45, 2.75) is 45.7 Å². The molecular weight excluding hydrogens is 166 g/mol. The molecule has 0 aromatic carbocycles. The molecule has 0 heterocycles. The van der Waals surface area contributed by atoms with Gasteiger partial charge in [-0.05, 0) is 5.16 Å². The summed E-state index contributed by atoms with van der Waals surface area (Å²) in [5, 5.41) is 9.95. The predicted molar refractivity (Wildman–Crippen MR) is 49.2 cm³/mol. The maximum Gasteiger partial charge on any atom is 1.00 e. The molecule has 0 aliphatic rings. The smallest absolute Gasteiger partial charge is 0.854 e. The summed E-state index contributed by atoms with van der Waals surface area (Å²) in [4.78, 5) is 0.